The van der Waals surface area contributed by atoms with Crippen molar-refractivity contribution >= 4 is 27.3 Å². The van der Waals surface area contributed by atoms with Crippen molar-refractivity contribution in [2.45, 2.75) is 31.7 Å². The van der Waals surface area contributed by atoms with Crippen LogP contribution >= 0.6 is 27.3 Å². The number of thiophene rings is 1. The van der Waals surface area contributed by atoms with E-state index in [2.05, 4.69) is 38.3 Å². The summed E-state index contributed by atoms with van der Waals surface area (Å²) in [6.45, 7) is 4.96. The van der Waals surface area contributed by atoms with Gasteiger partial charge in [-0.2, -0.15) is 0 Å². The van der Waals surface area contributed by atoms with Gasteiger partial charge in [0.15, 0.2) is 0 Å². The standard InChI is InChI=1S/C14H21BrN2S/c15-14-5-4-12(18-14)6-9-17-8-1-7-16-13(10-17)11-2-3-11/h4-5,11,13,16H,1-3,6-10H2. The fourth-order valence-electron chi connectivity index (χ4n) is 2.80. The minimum Gasteiger partial charge on any atom is -0.312 e. The Morgan fingerprint density at radius 1 is 1.39 bits per heavy atom. The first-order chi connectivity index (χ1) is 8.81. The molecule has 0 bridgehead atoms. The molecule has 18 heavy (non-hydrogen) atoms. The minimum absolute atomic E-state index is 0.766. The van der Waals surface area contributed by atoms with Crippen LogP contribution in [0.1, 0.15) is 24.1 Å². The lowest BCUT2D eigenvalue weighted by Crippen LogP contribution is -2.39. The van der Waals surface area contributed by atoms with Crippen LogP contribution in [0, 0.1) is 5.92 Å². The van der Waals surface area contributed by atoms with Gasteiger partial charge in [-0.3, -0.25) is 0 Å². The molecule has 1 saturated heterocycles. The molecule has 100 valence electrons. The Kier molecular flexibility index (Phi) is 4.39. The van der Waals surface area contributed by atoms with Gasteiger partial charge in [0.1, 0.15) is 0 Å². The van der Waals surface area contributed by atoms with Gasteiger partial charge in [-0.1, -0.05) is 0 Å². The fourth-order valence-corrected chi connectivity index (χ4v) is 4.27. The molecule has 1 saturated carbocycles. The van der Waals surface area contributed by atoms with E-state index in [9.17, 15) is 0 Å². The summed E-state index contributed by atoms with van der Waals surface area (Å²) in [4.78, 5) is 4.17. The van der Waals surface area contributed by atoms with Gasteiger partial charge in [-0.15, -0.1) is 11.3 Å². The summed E-state index contributed by atoms with van der Waals surface area (Å²) in [5.74, 6) is 0.974. The zero-order chi connectivity index (χ0) is 12.4. The molecule has 2 nitrogen and oxygen atoms in total. The highest BCUT2D eigenvalue weighted by atomic mass is 79.9. The first-order valence-corrected chi connectivity index (χ1v) is 8.62. The zero-order valence-electron chi connectivity index (χ0n) is 10.7. The highest BCUT2D eigenvalue weighted by Crippen LogP contribution is 2.33. The summed E-state index contributed by atoms with van der Waals surface area (Å²) >= 11 is 5.42. The molecule has 0 aromatic carbocycles. The predicted molar refractivity (Wildman–Crippen MR) is 81.3 cm³/mol. The lowest BCUT2D eigenvalue weighted by Gasteiger charge is -2.24. The molecule has 1 atom stereocenters. The summed E-state index contributed by atoms with van der Waals surface area (Å²) in [6, 6.07) is 5.18. The molecule has 0 spiro atoms. The van der Waals surface area contributed by atoms with Crippen molar-refractivity contribution < 1.29 is 0 Å². The summed E-state index contributed by atoms with van der Waals surface area (Å²) in [5, 5.41) is 3.73. The predicted octanol–water partition coefficient (Wildman–Crippen LogP) is 3.13. The van der Waals surface area contributed by atoms with Gasteiger partial charge >= 0.3 is 0 Å². The maximum Gasteiger partial charge on any atom is 0.0701 e. The van der Waals surface area contributed by atoms with Crippen molar-refractivity contribution in [1.82, 2.24) is 10.2 Å². The zero-order valence-corrected chi connectivity index (χ0v) is 13.1. The molecule has 2 aliphatic rings. The molecule has 1 aliphatic heterocycles. The van der Waals surface area contributed by atoms with Crippen LogP contribution in [0.5, 0.6) is 0 Å². The highest BCUT2D eigenvalue weighted by molar-refractivity contribution is 9.11. The van der Waals surface area contributed by atoms with E-state index in [0.717, 1.165) is 12.0 Å². The molecule has 0 radical (unpaired) electrons. The van der Waals surface area contributed by atoms with Gasteiger partial charge in [0.05, 0.1) is 3.79 Å². The van der Waals surface area contributed by atoms with Crippen LogP contribution in [0.2, 0.25) is 0 Å². The van der Waals surface area contributed by atoms with E-state index in [1.54, 1.807) is 0 Å². The van der Waals surface area contributed by atoms with E-state index in [1.165, 1.54) is 60.5 Å². The number of hydrogen-bond acceptors (Lipinski definition) is 3. The Bertz CT molecular complexity index is 389. The van der Waals surface area contributed by atoms with Gasteiger partial charge in [0.2, 0.25) is 0 Å². The Balaban J connectivity index is 1.51. The van der Waals surface area contributed by atoms with E-state index < -0.39 is 0 Å². The van der Waals surface area contributed by atoms with Gasteiger partial charge in [0.25, 0.3) is 0 Å². The quantitative estimate of drug-likeness (QED) is 0.913. The Morgan fingerprint density at radius 3 is 3.00 bits per heavy atom. The number of rotatable bonds is 4. The fraction of sp³-hybridized carbons (Fsp3) is 0.714. The van der Waals surface area contributed by atoms with Crippen LogP contribution < -0.4 is 5.32 Å². The molecular weight excluding hydrogens is 308 g/mol. The summed E-state index contributed by atoms with van der Waals surface area (Å²) in [6.07, 6.45) is 5.40. The third-order valence-electron chi connectivity index (χ3n) is 4.01. The lowest BCUT2D eigenvalue weighted by atomic mass is 10.2. The van der Waals surface area contributed by atoms with Crippen molar-refractivity contribution in [3.63, 3.8) is 0 Å². The SMILES string of the molecule is Brc1ccc(CCN2CCCNC(C3CC3)C2)s1. The number of nitrogens with zero attached hydrogens (tertiary/aromatic N) is 1. The van der Waals surface area contributed by atoms with E-state index in [-0.39, 0.29) is 0 Å². The smallest absolute Gasteiger partial charge is 0.0701 e. The molecule has 1 aliphatic carbocycles. The lowest BCUT2D eigenvalue weighted by molar-refractivity contribution is 0.262. The molecule has 4 heteroatoms. The monoisotopic (exact) mass is 328 g/mol. The van der Waals surface area contributed by atoms with Crippen LogP contribution in [0.3, 0.4) is 0 Å². The minimum atomic E-state index is 0.766. The Morgan fingerprint density at radius 2 is 2.28 bits per heavy atom. The summed E-state index contributed by atoms with van der Waals surface area (Å²) < 4.78 is 1.26. The molecular formula is C14H21BrN2S. The third kappa shape index (κ3) is 3.56. The topological polar surface area (TPSA) is 15.3 Å². The van der Waals surface area contributed by atoms with E-state index in [0.29, 0.717) is 0 Å². The summed E-state index contributed by atoms with van der Waals surface area (Å²) in [5.41, 5.74) is 0. The third-order valence-corrected chi connectivity index (χ3v) is 5.69. The molecule has 1 aromatic heterocycles. The number of halogens is 1. The van der Waals surface area contributed by atoms with Crippen molar-refractivity contribution in [2.24, 2.45) is 5.92 Å². The maximum absolute atomic E-state index is 3.73. The maximum atomic E-state index is 3.73. The van der Waals surface area contributed by atoms with Crippen LogP contribution in [0.25, 0.3) is 0 Å². The van der Waals surface area contributed by atoms with Gasteiger partial charge in [-0.25, -0.2) is 0 Å². The second-order valence-corrected chi connectivity index (χ2v) is 8.06. The van der Waals surface area contributed by atoms with Crippen LogP contribution in [-0.2, 0) is 6.42 Å². The largest absolute Gasteiger partial charge is 0.312 e. The van der Waals surface area contributed by atoms with Gasteiger partial charge < -0.3 is 10.2 Å². The molecule has 2 fully saturated rings. The van der Waals surface area contributed by atoms with Crippen molar-refractivity contribution in [3.8, 4) is 0 Å². The number of nitrogens with one attached hydrogen (secondary N) is 1. The molecule has 3 rings (SSSR count). The van der Waals surface area contributed by atoms with Gasteiger partial charge in [0, 0.05) is 24.0 Å². The second kappa shape index (κ2) is 6.04. The molecule has 1 N–H and O–H groups in total. The van der Waals surface area contributed by atoms with Gasteiger partial charge in [-0.05, 0) is 72.8 Å². The van der Waals surface area contributed by atoms with Crippen LogP contribution in [0.15, 0.2) is 15.9 Å². The van der Waals surface area contributed by atoms with E-state index in [4.69, 9.17) is 0 Å². The van der Waals surface area contributed by atoms with E-state index in [1.807, 2.05) is 11.3 Å². The first kappa shape index (κ1) is 13.1. The average Bonchev–Trinajstić information content (AvgIpc) is 3.14. The normalized spacial score (nSPS) is 26.2. The van der Waals surface area contributed by atoms with Crippen molar-refractivity contribution in [2.75, 3.05) is 26.2 Å². The Labute approximate surface area is 122 Å². The van der Waals surface area contributed by atoms with Crippen LogP contribution in [-0.4, -0.2) is 37.1 Å². The number of hydrogen-bond donors (Lipinski definition) is 1. The molecule has 1 unspecified atom stereocenters. The molecule has 1 aromatic rings. The highest BCUT2D eigenvalue weighted by Gasteiger charge is 2.32. The van der Waals surface area contributed by atoms with Crippen molar-refractivity contribution in [3.05, 3.63) is 20.8 Å². The first-order valence-electron chi connectivity index (χ1n) is 7.01. The average molecular weight is 329 g/mol. The van der Waals surface area contributed by atoms with E-state index >= 15 is 0 Å². The molecule has 2 heterocycles. The van der Waals surface area contributed by atoms with Crippen molar-refractivity contribution in [1.29, 1.82) is 0 Å². The van der Waals surface area contributed by atoms with Crippen LogP contribution in [0.4, 0.5) is 0 Å². The molecule has 0 amide bonds. The summed E-state index contributed by atoms with van der Waals surface area (Å²) in [7, 11) is 0. The second-order valence-electron chi connectivity index (χ2n) is 5.51. The Hall–Kier alpha value is 0.1000.